The Bertz CT molecular complexity index is 1100. The van der Waals surface area contributed by atoms with Crippen molar-refractivity contribution in [3.05, 3.63) is 59.0 Å². The van der Waals surface area contributed by atoms with E-state index in [9.17, 15) is 13.2 Å². The number of primary sulfonamides is 1. The van der Waals surface area contributed by atoms with E-state index in [1.54, 1.807) is 36.7 Å². The molecule has 0 atom stereocenters. The minimum absolute atomic E-state index is 0.0236. The Morgan fingerprint density at radius 2 is 1.93 bits per heavy atom. The number of nitrogens with two attached hydrogens (primary N) is 1. The summed E-state index contributed by atoms with van der Waals surface area (Å²) in [4.78, 5) is 23.3. The number of halogens is 1. The highest BCUT2D eigenvalue weighted by Crippen LogP contribution is 2.22. The summed E-state index contributed by atoms with van der Waals surface area (Å²) in [6.45, 7) is 1.10. The number of aromatic nitrogens is 3. The number of hydrogen-bond donors (Lipinski definition) is 5. The Kier molecular flexibility index (Phi) is 7.03. The topological polar surface area (TPSA) is 155 Å². The molecule has 0 radical (unpaired) electrons. The fourth-order valence-corrected chi connectivity index (χ4v) is 3.32. The Morgan fingerprint density at radius 1 is 1.17 bits per heavy atom. The second-order valence-corrected chi connectivity index (χ2v) is 8.62. The molecule has 0 bridgehead atoms. The number of aromatic amines is 1. The maximum atomic E-state index is 11.8. The van der Waals surface area contributed by atoms with Gasteiger partial charge in [0.25, 0.3) is 5.91 Å². The number of amides is 1. The van der Waals surface area contributed by atoms with Crippen LogP contribution in [0.5, 0.6) is 0 Å². The van der Waals surface area contributed by atoms with Crippen molar-refractivity contribution in [3.8, 4) is 0 Å². The van der Waals surface area contributed by atoms with Crippen LogP contribution in [0.2, 0.25) is 0 Å². The van der Waals surface area contributed by atoms with Gasteiger partial charge in [-0.05, 0) is 58.7 Å². The molecule has 10 nitrogen and oxygen atoms in total. The van der Waals surface area contributed by atoms with Crippen LogP contribution in [0, 0.1) is 0 Å². The highest BCUT2D eigenvalue weighted by atomic mass is 79.9. The third kappa shape index (κ3) is 6.02. The first-order valence-corrected chi connectivity index (χ1v) is 11.2. The lowest BCUT2D eigenvalue weighted by molar-refractivity contribution is 0.0949. The quantitative estimate of drug-likeness (QED) is 0.286. The van der Waals surface area contributed by atoms with Crippen molar-refractivity contribution in [2.45, 2.75) is 11.3 Å². The first-order valence-electron chi connectivity index (χ1n) is 8.91. The van der Waals surface area contributed by atoms with E-state index in [1.807, 2.05) is 0 Å². The summed E-state index contributed by atoms with van der Waals surface area (Å²) in [5.41, 5.74) is 1.14. The number of anilines is 3. The monoisotopic (exact) mass is 493 g/mol. The smallest absolute Gasteiger partial charge is 0.267 e. The maximum absolute atomic E-state index is 11.8. The molecular weight excluding hydrogens is 474 g/mol. The van der Waals surface area contributed by atoms with Gasteiger partial charge < -0.3 is 20.9 Å². The van der Waals surface area contributed by atoms with Crippen LogP contribution in [0.25, 0.3) is 0 Å². The standard InChI is InChI=1S/C18H20BrN7O3S/c19-14-11-24-18(25-12-4-6-13(7-5-12)30(20,28)29)26-16(14)22-9-2-10-23-17(27)15-3-1-8-21-15/h1,3-8,11,21H,2,9-10H2,(H,23,27)(H2,20,28,29)(H2,22,24,25,26). The molecule has 0 saturated carbocycles. The van der Waals surface area contributed by atoms with Gasteiger partial charge in [-0.3, -0.25) is 4.79 Å². The van der Waals surface area contributed by atoms with Crippen molar-refractivity contribution in [1.29, 1.82) is 0 Å². The van der Waals surface area contributed by atoms with E-state index in [2.05, 4.69) is 46.8 Å². The van der Waals surface area contributed by atoms with Crippen LogP contribution in [-0.4, -0.2) is 42.4 Å². The fraction of sp³-hybridized carbons (Fsp3) is 0.167. The zero-order chi connectivity index (χ0) is 21.6. The first-order chi connectivity index (χ1) is 14.3. The van der Waals surface area contributed by atoms with E-state index < -0.39 is 10.0 Å². The third-order valence-electron chi connectivity index (χ3n) is 3.96. The lowest BCUT2D eigenvalue weighted by atomic mass is 10.3. The third-order valence-corrected chi connectivity index (χ3v) is 5.47. The molecule has 1 amide bonds. The van der Waals surface area contributed by atoms with Crippen LogP contribution in [-0.2, 0) is 10.0 Å². The van der Waals surface area contributed by atoms with Crippen molar-refractivity contribution in [1.82, 2.24) is 20.3 Å². The summed E-state index contributed by atoms with van der Waals surface area (Å²) in [6.07, 6.45) is 3.99. The zero-order valence-electron chi connectivity index (χ0n) is 15.7. The Morgan fingerprint density at radius 3 is 2.60 bits per heavy atom. The summed E-state index contributed by atoms with van der Waals surface area (Å²) < 4.78 is 23.3. The molecule has 2 aromatic heterocycles. The summed E-state index contributed by atoms with van der Waals surface area (Å²) >= 11 is 3.40. The Balaban J connectivity index is 1.51. The summed E-state index contributed by atoms with van der Waals surface area (Å²) in [5.74, 6) is 0.775. The molecule has 0 saturated heterocycles. The van der Waals surface area contributed by atoms with Gasteiger partial charge in [0.1, 0.15) is 11.5 Å². The number of nitrogens with one attached hydrogen (secondary N) is 4. The molecule has 3 rings (SSSR count). The van der Waals surface area contributed by atoms with E-state index in [-0.39, 0.29) is 10.8 Å². The fourth-order valence-electron chi connectivity index (χ4n) is 2.47. The van der Waals surface area contributed by atoms with Gasteiger partial charge in [0.05, 0.1) is 9.37 Å². The van der Waals surface area contributed by atoms with Crippen LogP contribution in [0.4, 0.5) is 17.5 Å². The van der Waals surface area contributed by atoms with Gasteiger partial charge in [-0.15, -0.1) is 0 Å². The van der Waals surface area contributed by atoms with E-state index in [4.69, 9.17) is 5.14 Å². The number of benzene rings is 1. The molecule has 0 aliphatic heterocycles. The van der Waals surface area contributed by atoms with Gasteiger partial charge in [-0.2, -0.15) is 4.98 Å². The molecule has 158 valence electrons. The molecule has 12 heteroatoms. The van der Waals surface area contributed by atoms with Crippen molar-refractivity contribution in [2.75, 3.05) is 23.7 Å². The van der Waals surface area contributed by atoms with E-state index in [1.165, 1.54) is 12.1 Å². The van der Waals surface area contributed by atoms with Crippen LogP contribution in [0.3, 0.4) is 0 Å². The average molecular weight is 494 g/mol. The van der Waals surface area contributed by atoms with Gasteiger partial charge in [-0.25, -0.2) is 18.5 Å². The molecule has 0 spiro atoms. The molecule has 2 heterocycles. The zero-order valence-corrected chi connectivity index (χ0v) is 18.1. The maximum Gasteiger partial charge on any atom is 0.267 e. The molecule has 0 unspecified atom stereocenters. The second-order valence-electron chi connectivity index (χ2n) is 6.20. The normalized spacial score (nSPS) is 11.1. The van der Waals surface area contributed by atoms with Gasteiger partial charge in [0, 0.05) is 31.2 Å². The average Bonchev–Trinajstić information content (AvgIpc) is 3.24. The lowest BCUT2D eigenvalue weighted by Gasteiger charge is -2.11. The first kappa shape index (κ1) is 21.7. The number of carbonyl (C=O) groups is 1. The predicted molar refractivity (Wildman–Crippen MR) is 117 cm³/mol. The van der Waals surface area contributed by atoms with Gasteiger partial charge in [-0.1, -0.05) is 0 Å². The van der Waals surface area contributed by atoms with Crippen LogP contribution in [0.1, 0.15) is 16.9 Å². The second kappa shape index (κ2) is 9.69. The Labute approximate surface area is 181 Å². The van der Waals surface area contributed by atoms with Crippen molar-refractivity contribution >= 4 is 49.3 Å². The van der Waals surface area contributed by atoms with E-state index >= 15 is 0 Å². The van der Waals surface area contributed by atoms with Crippen molar-refractivity contribution in [2.24, 2.45) is 5.14 Å². The summed E-state index contributed by atoms with van der Waals surface area (Å²) in [7, 11) is -3.74. The van der Waals surface area contributed by atoms with Gasteiger partial charge in [0.2, 0.25) is 16.0 Å². The highest BCUT2D eigenvalue weighted by Gasteiger charge is 2.09. The Hall–Kier alpha value is -2.96. The van der Waals surface area contributed by atoms with Crippen molar-refractivity contribution < 1.29 is 13.2 Å². The van der Waals surface area contributed by atoms with Gasteiger partial charge >= 0.3 is 0 Å². The number of nitrogens with zero attached hydrogens (tertiary/aromatic N) is 2. The van der Waals surface area contributed by atoms with Gasteiger partial charge in [0.15, 0.2) is 0 Å². The minimum atomic E-state index is -3.74. The van der Waals surface area contributed by atoms with Crippen LogP contribution < -0.4 is 21.1 Å². The van der Waals surface area contributed by atoms with E-state index in [0.29, 0.717) is 47.1 Å². The van der Waals surface area contributed by atoms with Crippen molar-refractivity contribution in [3.63, 3.8) is 0 Å². The highest BCUT2D eigenvalue weighted by molar-refractivity contribution is 9.10. The summed E-state index contributed by atoms with van der Waals surface area (Å²) in [5, 5.41) is 14.1. The molecular formula is C18H20BrN7O3S. The molecule has 0 aliphatic rings. The van der Waals surface area contributed by atoms with Crippen LogP contribution in [0.15, 0.2) is 58.2 Å². The van der Waals surface area contributed by atoms with E-state index in [0.717, 1.165) is 0 Å². The number of sulfonamides is 1. The van der Waals surface area contributed by atoms with Crippen LogP contribution >= 0.6 is 15.9 Å². The molecule has 0 aliphatic carbocycles. The minimum Gasteiger partial charge on any atom is -0.369 e. The largest absolute Gasteiger partial charge is 0.369 e. The molecule has 30 heavy (non-hydrogen) atoms. The number of carbonyl (C=O) groups excluding carboxylic acids is 1. The molecule has 0 fully saturated rings. The summed E-state index contributed by atoms with van der Waals surface area (Å²) in [6, 6.07) is 9.43. The number of rotatable bonds is 9. The molecule has 3 aromatic rings. The number of H-pyrrole nitrogens is 1. The predicted octanol–water partition coefficient (Wildman–Crippen LogP) is 2.19. The molecule has 1 aromatic carbocycles. The SMILES string of the molecule is NS(=O)(=O)c1ccc(Nc2ncc(Br)c(NCCCNC(=O)c3ccc[nH]3)n2)cc1. The lowest BCUT2D eigenvalue weighted by Crippen LogP contribution is -2.26. The molecule has 6 N–H and O–H groups in total. The number of hydrogen-bond acceptors (Lipinski definition) is 7.